The molecular weight excluding hydrogens is 436 g/mol. The predicted molar refractivity (Wildman–Crippen MR) is 131 cm³/mol. The predicted octanol–water partition coefficient (Wildman–Crippen LogP) is 5.56. The highest BCUT2D eigenvalue weighted by Gasteiger charge is 2.08. The zero-order valence-corrected chi connectivity index (χ0v) is 18.7. The molecule has 176 valence electrons. The second-order valence-corrected chi connectivity index (χ2v) is 7.55. The van der Waals surface area contributed by atoms with Crippen molar-refractivity contribution in [1.29, 1.82) is 0 Å². The average molecular weight is 463 g/mol. The normalized spacial score (nSPS) is 10.2. The Morgan fingerprint density at radius 1 is 0.559 bits per heavy atom. The molecule has 8 nitrogen and oxygen atoms in total. The van der Waals surface area contributed by atoms with Crippen LogP contribution in [0.5, 0.6) is 46.0 Å². The molecule has 0 bridgehead atoms. The van der Waals surface area contributed by atoms with Crippen molar-refractivity contribution in [1.82, 2.24) is 0 Å². The summed E-state index contributed by atoms with van der Waals surface area (Å²) >= 11 is 0. The van der Waals surface area contributed by atoms with E-state index in [2.05, 4.69) is 0 Å². The molecule has 0 fully saturated rings. The Kier molecular flexibility index (Phi) is 7.23. The third-order valence-corrected chi connectivity index (χ3v) is 4.77. The third kappa shape index (κ3) is 6.17. The number of nitrogens with two attached hydrogens (primary N) is 2. The van der Waals surface area contributed by atoms with Crippen LogP contribution in [0.1, 0.15) is 11.1 Å². The number of phenols is 4. The molecule has 4 rings (SSSR count). The highest BCUT2D eigenvalue weighted by molar-refractivity contribution is 5.60. The van der Waals surface area contributed by atoms with Gasteiger partial charge in [0.1, 0.15) is 28.7 Å². The van der Waals surface area contributed by atoms with E-state index in [1.54, 1.807) is 56.3 Å². The van der Waals surface area contributed by atoms with Gasteiger partial charge in [0.05, 0.1) is 5.69 Å². The van der Waals surface area contributed by atoms with E-state index in [0.717, 1.165) is 5.56 Å². The first-order valence-electron chi connectivity index (χ1n) is 10.2. The van der Waals surface area contributed by atoms with Crippen LogP contribution in [0.2, 0.25) is 0 Å². The molecule has 0 aliphatic heterocycles. The van der Waals surface area contributed by atoms with Gasteiger partial charge in [-0.1, -0.05) is 12.1 Å². The molecule has 0 heterocycles. The van der Waals surface area contributed by atoms with Crippen molar-refractivity contribution in [2.75, 3.05) is 11.5 Å². The molecule has 8 heteroatoms. The van der Waals surface area contributed by atoms with E-state index in [0.29, 0.717) is 34.2 Å². The van der Waals surface area contributed by atoms with Gasteiger partial charge in [-0.3, -0.25) is 0 Å². The summed E-state index contributed by atoms with van der Waals surface area (Å²) in [6, 6.07) is 18.9. The average Bonchev–Trinajstić information content (AvgIpc) is 2.76. The Morgan fingerprint density at radius 2 is 1.12 bits per heavy atom. The van der Waals surface area contributed by atoms with Gasteiger partial charge in [0.2, 0.25) is 0 Å². The smallest absolute Gasteiger partial charge is 0.171 e. The lowest BCUT2D eigenvalue weighted by molar-refractivity contribution is 0.407. The first-order valence-corrected chi connectivity index (χ1v) is 10.2. The molecule has 34 heavy (non-hydrogen) atoms. The van der Waals surface area contributed by atoms with Crippen LogP contribution in [-0.2, 0) is 0 Å². The van der Waals surface area contributed by atoms with E-state index in [-0.39, 0.29) is 28.7 Å². The van der Waals surface area contributed by atoms with Crippen LogP contribution < -0.4 is 20.9 Å². The van der Waals surface area contributed by atoms with Gasteiger partial charge in [0.15, 0.2) is 17.2 Å². The van der Waals surface area contributed by atoms with Crippen molar-refractivity contribution in [2.45, 2.75) is 13.8 Å². The number of aromatic hydroxyl groups is 4. The quantitative estimate of drug-likeness (QED) is 0.170. The summed E-state index contributed by atoms with van der Waals surface area (Å²) in [4.78, 5) is 0. The largest absolute Gasteiger partial charge is 0.508 e. The summed E-state index contributed by atoms with van der Waals surface area (Å²) < 4.78 is 10.9. The van der Waals surface area contributed by atoms with Gasteiger partial charge in [-0.15, -0.1) is 0 Å². The molecule has 0 aliphatic rings. The molecule has 0 saturated carbocycles. The number of aryl methyl sites for hydroxylation is 2. The number of hydrogen-bond donors (Lipinski definition) is 6. The van der Waals surface area contributed by atoms with Crippen LogP contribution in [-0.4, -0.2) is 20.4 Å². The molecule has 4 aromatic carbocycles. The number of anilines is 2. The van der Waals surface area contributed by atoms with Gasteiger partial charge in [-0.05, 0) is 61.4 Å². The molecule has 0 aromatic heterocycles. The zero-order valence-electron chi connectivity index (χ0n) is 18.7. The third-order valence-electron chi connectivity index (χ3n) is 4.77. The van der Waals surface area contributed by atoms with E-state index in [9.17, 15) is 20.4 Å². The summed E-state index contributed by atoms with van der Waals surface area (Å²) in [6.45, 7) is 3.55. The van der Waals surface area contributed by atoms with Crippen LogP contribution in [0.15, 0.2) is 72.8 Å². The van der Waals surface area contributed by atoms with Gasteiger partial charge >= 0.3 is 0 Å². The molecule has 0 aliphatic carbocycles. The number of rotatable bonds is 4. The first-order chi connectivity index (χ1) is 16.1. The van der Waals surface area contributed by atoms with E-state index >= 15 is 0 Å². The van der Waals surface area contributed by atoms with Crippen molar-refractivity contribution in [3.8, 4) is 46.0 Å². The Hall–Kier alpha value is -4.72. The minimum Gasteiger partial charge on any atom is -0.508 e. The second kappa shape index (κ2) is 10.3. The zero-order chi connectivity index (χ0) is 24.8. The molecule has 0 radical (unpaired) electrons. The van der Waals surface area contributed by atoms with Gasteiger partial charge in [-0.25, -0.2) is 0 Å². The van der Waals surface area contributed by atoms with Gasteiger partial charge < -0.3 is 41.4 Å². The molecule has 8 N–H and O–H groups in total. The van der Waals surface area contributed by atoms with Crippen LogP contribution in [0, 0.1) is 13.8 Å². The second-order valence-electron chi connectivity index (χ2n) is 7.55. The lowest BCUT2D eigenvalue weighted by Gasteiger charge is -2.10. The molecule has 0 unspecified atom stereocenters. The van der Waals surface area contributed by atoms with Crippen molar-refractivity contribution < 1.29 is 29.9 Å². The van der Waals surface area contributed by atoms with Crippen molar-refractivity contribution in [2.24, 2.45) is 0 Å². The lowest BCUT2D eigenvalue weighted by atomic mass is 10.2. The first kappa shape index (κ1) is 23.9. The molecule has 0 atom stereocenters. The van der Waals surface area contributed by atoms with Gasteiger partial charge in [-0.2, -0.15) is 0 Å². The maximum Gasteiger partial charge on any atom is 0.171 e. The summed E-state index contributed by atoms with van der Waals surface area (Å²) in [7, 11) is 0. The molecular formula is C26H26N2O6. The fourth-order valence-electron chi connectivity index (χ4n) is 2.91. The Labute approximate surface area is 196 Å². The van der Waals surface area contributed by atoms with E-state index in [1.165, 1.54) is 30.3 Å². The van der Waals surface area contributed by atoms with E-state index < -0.39 is 0 Å². The van der Waals surface area contributed by atoms with Crippen molar-refractivity contribution >= 4 is 11.4 Å². The summed E-state index contributed by atoms with van der Waals surface area (Å²) in [5.41, 5.74) is 14.0. The van der Waals surface area contributed by atoms with Crippen LogP contribution in [0.3, 0.4) is 0 Å². The summed E-state index contributed by atoms with van der Waals surface area (Å²) in [6.07, 6.45) is 0. The van der Waals surface area contributed by atoms with E-state index in [4.69, 9.17) is 20.9 Å². The highest BCUT2D eigenvalue weighted by Crippen LogP contribution is 2.35. The standard InChI is InChI=1S/2C13H13NO3/c1-8-5-12(16)13(7-11(8)14)17-10-4-2-3-9(15)6-10;1-8-5-11(14)13(7-12(8)16)17-10-4-2-3-9(15)6-10/h2*2-7,15-16H,14H2,1H3. The number of hydrogen-bond acceptors (Lipinski definition) is 8. The fourth-order valence-corrected chi connectivity index (χ4v) is 2.91. The van der Waals surface area contributed by atoms with Crippen LogP contribution in [0.4, 0.5) is 11.4 Å². The highest BCUT2D eigenvalue weighted by atomic mass is 16.5. The summed E-state index contributed by atoms with van der Waals surface area (Å²) in [5, 5.41) is 37.9. The van der Waals surface area contributed by atoms with Gasteiger partial charge in [0.25, 0.3) is 0 Å². The SMILES string of the molecule is Cc1cc(N)c(Oc2cccc(O)c2)cc1O.Cc1cc(O)c(Oc2cccc(O)c2)cc1N. The summed E-state index contributed by atoms with van der Waals surface area (Å²) in [5.74, 6) is 1.86. The maximum atomic E-state index is 9.70. The van der Waals surface area contributed by atoms with Gasteiger partial charge in [0, 0.05) is 30.0 Å². The minimum absolute atomic E-state index is 0.0139. The van der Waals surface area contributed by atoms with Crippen molar-refractivity contribution in [3.63, 3.8) is 0 Å². The molecule has 0 spiro atoms. The number of phenolic OH excluding ortho intramolecular Hbond substituents is 4. The fraction of sp³-hybridized carbons (Fsp3) is 0.0769. The van der Waals surface area contributed by atoms with Crippen LogP contribution >= 0.6 is 0 Å². The minimum atomic E-state index is 0.0139. The monoisotopic (exact) mass is 462 g/mol. The topological polar surface area (TPSA) is 151 Å². The van der Waals surface area contributed by atoms with E-state index in [1.807, 2.05) is 0 Å². The van der Waals surface area contributed by atoms with Crippen LogP contribution in [0.25, 0.3) is 0 Å². The Balaban J connectivity index is 0.000000191. The number of ether oxygens (including phenoxy) is 2. The maximum absolute atomic E-state index is 9.70. The number of benzene rings is 4. The van der Waals surface area contributed by atoms with Crippen molar-refractivity contribution in [3.05, 3.63) is 83.9 Å². The Morgan fingerprint density at radius 3 is 1.68 bits per heavy atom. The molecule has 0 amide bonds. The number of nitrogen functional groups attached to an aromatic ring is 2. The Bertz CT molecular complexity index is 1210. The lowest BCUT2D eigenvalue weighted by Crippen LogP contribution is -1.93. The molecule has 0 saturated heterocycles. The molecule has 4 aromatic rings.